The first-order valence-corrected chi connectivity index (χ1v) is 9.91. The van der Waals surface area contributed by atoms with Gasteiger partial charge >= 0.3 is 0 Å². The molecule has 7 heteroatoms. The van der Waals surface area contributed by atoms with E-state index in [-0.39, 0.29) is 11.5 Å². The van der Waals surface area contributed by atoms with Crippen LogP contribution in [0.3, 0.4) is 0 Å². The van der Waals surface area contributed by atoms with Gasteiger partial charge in [0.1, 0.15) is 17.3 Å². The first-order chi connectivity index (χ1) is 14.6. The van der Waals surface area contributed by atoms with Gasteiger partial charge in [0.05, 0.1) is 18.8 Å². The molecule has 2 aromatic heterocycles. The summed E-state index contributed by atoms with van der Waals surface area (Å²) >= 11 is 0. The lowest BCUT2D eigenvalue weighted by Crippen LogP contribution is -2.33. The molecule has 0 aliphatic rings. The molecule has 0 spiro atoms. The zero-order chi connectivity index (χ0) is 21.3. The summed E-state index contributed by atoms with van der Waals surface area (Å²) in [5.74, 6) is 0.576. The molecular formula is C23H24N4O3. The first-order valence-electron chi connectivity index (χ1n) is 9.91. The Hall–Kier alpha value is -3.61. The third kappa shape index (κ3) is 3.22. The Morgan fingerprint density at radius 2 is 1.87 bits per heavy atom. The lowest BCUT2D eigenvalue weighted by molar-refractivity contribution is -0.124. The van der Waals surface area contributed by atoms with Crippen LogP contribution in [0.2, 0.25) is 0 Å². The van der Waals surface area contributed by atoms with Crippen molar-refractivity contribution in [3.05, 3.63) is 70.6 Å². The van der Waals surface area contributed by atoms with Crippen LogP contribution in [0.15, 0.2) is 59.5 Å². The van der Waals surface area contributed by atoms with Gasteiger partial charge in [-0.05, 0) is 18.6 Å². The van der Waals surface area contributed by atoms with Crippen LogP contribution in [0.5, 0.6) is 5.75 Å². The van der Waals surface area contributed by atoms with Crippen molar-refractivity contribution in [3.8, 4) is 5.75 Å². The van der Waals surface area contributed by atoms with Crippen LogP contribution in [-0.4, -0.2) is 27.4 Å². The van der Waals surface area contributed by atoms with E-state index in [2.05, 4.69) is 10.4 Å². The highest BCUT2D eigenvalue weighted by Gasteiger charge is 2.25. The molecule has 7 nitrogen and oxygen atoms in total. The monoisotopic (exact) mass is 404 g/mol. The van der Waals surface area contributed by atoms with Crippen molar-refractivity contribution < 1.29 is 9.53 Å². The lowest BCUT2D eigenvalue weighted by Gasteiger charge is -2.20. The highest BCUT2D eigenvalue weighted by atomic mass is 16.5. The predicted molar refractivity (Wildman–Crippen MR) is 117 cm³/mol. The van der Waals surface area contributed by atoms with Gasteiger partial charge in [0.15, 0.2) is 0 Å². The molecule has 1 amide bonds. The molecule has 2 heterocycles. The van der Waals surface area contributed by atoms with Crippen molar-refractivity contribution in [1.82, 2.24) is 19.7 Å². The minimum atomic E-state index is -0.530. The molecule has 4 aromatic rings. The number of aromatic nitrogens is 3. The quantitative estimate of drug-likeness (QED) is 0.535. The number of aryl methyl sites for hydroxylation is 1. The molecule has 0 aliphatic heterocycles. The number of methoxy groups -OCH3 is 1. The summed E-state index contributed by atoms with van der Waals surface area (Å²) in [5.41, 5.74) is 2.01. The van der Waals surface area contributed by atoms with Crippen molar-refractivity contribution in [2.45, 2.75) is 25.9 Å². The molecular weight excluding hydrogens is 380 g/mol. The molecule has 30 heavy (non-hydrogen) atoms. The van der Waals surface area contributed by atoms with Gasteiger partial charge in [-0.15, -0.1) is 0 Å². The average Bonchev–Trinajstić information content (AvgIpc) is 3.10. The SMILES string of the molecule is CC[C@H](C(=O)NCc1ccccc1OC)n1c2ccccc2c2cnn(C)c(=O)c21. The number of hydrogen-bond acceptors (Lipinski definition) is 4. The van der Waals surface area contributed by atoms with Crippen LogP contribution in [0.25, 0.3) is 21.8 Å². The Balaban J connectivity index is 1.78. The molecule has 0 fully saturated rings. The van der Waals surface area contributed by atoms with E-state index in [1.807, 2.05) is 60.0 Å². The van der Waals surface area contributed by atoms with E-state index in [4.69, 9.17) is 4.74 Å². The molecule has 154 valence electrons. The Kier molecular flexibility index (Phi) is 5.27. The summed E-state index contributed by atoms with van der Waals surface area (Å²) in [6.45, 7) is 2.29. The molecule has 0 unspecified atom stereocenters. The summed E-state index contributed by atoms with van der Waals surface area (Å²) in [6.07, 6.45) is 2.23. The van der Waals surface area contributed by atoms with Gasteiger partial charge < -0.3 is 14.6 Å². The Bertz CT molecular complexity index is 1290. The number of carbonyl (C=O) groups is 1. The fourth-order valence-electron chi connectivity index (χ4n) is 3.95. The minimum absolute atomic E-state index is 0.148. The topological polar surface area (TPSA) is 78.2 Å². The van der Waals surface area contributed by atoms with Gasteiger partial charge in [-0.2, -0.15) is 5.10 Å². The molecule has 2 aromatic carbocycles. The fourth-order valence-corrected chi connectivity index (χ4v) is 3.95. The molecule has 0 aliphatic carbocycles. The maximum Gasteiger partial charge on any atom is 0.291 e. The number of nitrogens with zero attached hydrogens (tertiary/aromatic N) is 3. The average molecular weight is 404 g/mol. The second-order valence-electron chi connectivity index (χ2n) is 7.18. The number of benzene rings is 2. The van der Waals surface area contributed by atoms with Gasteiger partial charge in [0.25, 0.3) is 5.56 Å². The Morgan fingerprint density at radius 3 is 2.63 bits per heavy atom. The smallest absolute Gasteiger partial charge is 0.291 e. The van der Waals surface area contributed by atoms with Crippen molar-refractivity contribution in [3.63, 3.8) is 0 Å². The normalized spacial score (nSPS) is 12.2. The molecule has 4 rings (SSSR count). The van der Waals surface area contributed by atoms with Crippen LogP contribution in [0, 0.1) is 0 Å². The van der Waals surface area contributed by atoms with E-state index in [1.54, 1.807) is 20.4 Å². The molecule has 0 saturated carbocycles. The summed E-state index contributed by atoms with van der Waals surface area (Å²) < 4.78 is 8.53. The van der Waals surface area contributed by atoms with E-state index in [1.165, 1.54) is 4.68 Å². The number of hydrogen-bond donors (Lipinski definition) is 1. The summed E-state index contributed by atoms with van der Waals surface area (Å²) in [6, 6.07) is 14.8. The standard InChI is InChI=1S/C23H24N4O3/c1-4-18(22(28)24-13-15-9-5-8-12-20(15)30-3)27-19-11-7-6-10-16(19)17-14-25-26(2)23(29)21(17)27/h5-12,14,18H,4,13H2,1-3H3,(H,24,28)/t18-/m1/s1. The zero-order valence-electron chi connectivity index (χ0n) is 17.3. The van der Waals surface area contributed by atoms with Crippen LogP contribution in [-0.2, 0) is 18.4 Å². The van der Waals surface area contributed by atoms with Crippen LogP contribution in [0.1, 0.15) is 24.9 Å². The molecule has 1 atom stereocenters. The Labute approximate surface area is 173 Å². The highest BCUT2D eigenvalue weighted by molar-refractivity contribution is 6.08. The number of ether oxygens (including phenoxy) is 1. The van der Waals surface area contributed by atoms with E-state index in [9.17, 15) is 9.59 Å². The zero-order valence-corrected chi connectivity index (χ0v) is 17.3. The van der Waals surface area contributed by atoms with Crippen molar-refractivity contribution in [2.75, 3.05) is 7.11 Å². The molecule has 0 bridgehead atoms. The number of rotatable bonds is 6. The van der Waals surface area contributed by atoms with Crippen molar-refractivity contribution in [2.24, 2.45) is 7.05 Å². The van der Waals surface area contributed by atoms with Gasteiger partial charge in [-0.3, -0.25) is 9.59 Å². The largest absolute Gasteiger partial charge is 0.496 e. The van der Waals surface area contributed by atoms with Gasteiger partial charge in [0.2, 0.25) is 5.91 Å². The van der Waals surface area contributed by atoms with Crippen molar-refractivity contribution in [1.29, 1.82) is 0 Å². The Morgan fingerprint density at radius 1 is 1.13 bits per heavy atom. The second-order valence-corrected chi connectivity index (χ2v) is 7.18. The van der Waals surface area contributed by atoms with E-state index in [0.29, 0.717) is 18.5 Å². The third-order valence-electron chi connectivity index (χ3n) is 5.45. The molecule has 0 radical (unpaired) electrons. The number of fused-ring (bicyclic) bond motifs is 3. The van der Waals surface area contributed by atoms with Crippen LogP contribution < -0.4 is 15.6 Å². The minimum Gasteiger partial charge on any atom is -0.496 e. The highest BCUT2D eigenvalue weighted by Crippen LogP contribution is 2.31. The number of nitrogens with one attached hydrogen (secondary N) is 1. The van der Waals surface area contributed by atoms with Gasteiger partial charge in [-0.1, -0.05) is 43.3 Å². The summed E-state index contributed by atoms with van der Waals surface area (Å²) in [4.78, 5) is 26.2. The number of carbonyl (C=O) groups excluding carboxylic acids is 1. The third-order valence-corrected chi connectivity index (χ3v) is 5.45. The summed E-state index contributed by atoms with van der Waals surface area (Å²) in [5, 5.41) is 8.85. The number of amides is 1. The van der Waals surface area contributed by atoms with Crippen LogP contribution >= 0.6 is 0 Å². The van der Waals surface area contributed by atoms with Crippen molar-refractivity contribution >= 4 is 27.7 Å². The second kappa shape index (κ2) is 8.02. The first kappa shape index (κ1) is 19.7. The summed E-state index contributed by atoms with van der Waals surface area (Å²) in [7, 11) is 3.23. The van der Waals surface area contributed by atoms with Crippen LogP contribution in [0.4, 0.5) is 0 Å². The number of para-hydroxylation sites is 2. The van der Waals surface area contributed by atoms with E-state index >= 15 is 0 Å². The molecule has 1 N–H and O–H groups in total. The maximum absolute atomic E-state index is 13.2. The van der Waals surface area contributed by atoms with Gasteiger partial charge in [-0.25, -0.2) is 4.68 Å². The maximum atomic E-state index is 13.2. The van der Waals surface area contributed by atoms with E-state index < -0.39 is 6.04 Å². The lowest BCUT2D eigenvalue weighted by atomic mass is 10.1. The predicted octanol–water partition coefficient (Wildman–Crippen LogP) is 3.16. The van der Waals surface area contributed by atoms with Gasteiger partial charge in [0, 0.05) is 29.9 Å². The van der Waals surface area contributed by atoms with E-state index in [0.717, 1.165) is 27.6 Å². The fraction of sp³-hybridized carbons (Fsp3) is 0.261. The molecule has 0 saturated heterocycles.